The van der Waals surface area contributed by atoms with Crippen LogP contribution >= 0.6 is 0 Å². The molecule has 0 aliphatic rings. The standard InChI is InChI=1S/C13H16N6O/c1-18(11-5-3-9(14)7-16-11)13(20)19(2)12-6-4-10(15)8-17-12/h3-8H,14-15H2,1-2H3. The number of rotatable bonds is 2. The summed E-state index contributed by atoms with van der Waals surface area (Å²) in [6.45, 7) is 0. The lowest BCUT2D eigenvalue weighted by Gasteiger charge is -2.23. The second-order valence-corrected chi connectivity index (χ2v) is 4.30. The molecule has 0 bridgehead atoms. The minimum atomic E-state index is -0.264. The molecule has 20 heavy (non-hydrogen) atoms. The van der Waals surface area contributed by atoms with E-state index >= 15 is 0 Å². The molecule has 7 heteroatoms. The lowest BCUT2D eigenvalue weighted by atomic mass is 10.4. The first-order chi connectivity index (χ1) is 9.49. The maximum absolute atomic E-state index is 12.3. The molecule has 0 aliphatic carbocycles. The average Bonchev–Trinajstić information content (AvgIpc) is 2.46. The third kappa shape index (κ3) is 2.77. The fourth-order valence-electron chi connectivity index (χ4n) is 1.61. The van der Waals surface area contributed by atoms with Gasteiger partial charge in [0.2, 0.25) is 0 Å². The van der Waals surface area contributed by atoms with Crippen LogP contribution in [-0.4, -0.2) is 30.1 Å². The van der Waals surface area contributed by atoms with Crippen LogP contribution in [0.5, 0.6) is 0 Å². The van der Waals surface area contributed by atoms with Crippen molar-refractivity contribution in [2.24, 2.45) is 0 Å². The zero-order chi connectivity index (χ0) is 14.7. The van der Waals surface area contributed by atoms with Gasteiger partial charge in [0.25, 0.3) is 0 Å². The number of aromatic nitrogens is 2. The molecule has 2 aromatic heterocycles. The van der Waals surface area contributed by atoms with Crippen LogP contribution in [0.25, 0.3) is 0 Å². The van der Waals surface area contributed by atoms with Crippen LogP contribution in [0.1, 0.15) is 0 Å². The highest BCUT2D eigenvalue weighted by Gasteiger charge is 2.18. The molecule has 2 heterocycles. The van der Waals surface area contributed by atoms with Gasteiger partial charge >= 0.3 is 6.03 Å². The van der Waals surface area contributed by atoms with Gasteiger partial charge in [-0.2, -0.15) is 0 Å². The molecule has 0 atom stereocenters. The van der Waals surface area contributed by atoms with E-state index < -0.39 is 0 Å². The zero-order valence-corrected chi connectivity index (χ0v) is 11.3. The third-order valence-electron chi connectivity index (χ3n) is 2.80. The van der Waals surface area contributed by atoms with Gasteiger partial charge in [0, 0.05) is 14.1 Å². The number of pyridine rings is 2. The molecule has 4 N–H and O–H groups in total. The number of amides is 2. The van der Waals surface area contributed by atoms with Crippen molar-refractivity contribution in [3.05, 3.63) is 36.7 Å². The highest BCUT2D eigenvalue weighted by molar-refractivity contribution is 6.01. The van der Waals surface area contributed by atoms with Gasteiger partial charge in [-0.3, -0.25) is 9.80 Å². The van der Waals surface area contributed by atoms with E-state index in [4.69, 9.17) is 11.5 Å². The maximum atomic E-state index is 12.3. The molecule has 0 aromatic carbocycles. The summed E-state index contributed by atoms with van der Waals surface area (Å²) in [5.74, 6) is 1.01. The van der Waals surface area contributed by atoms with E-state index in [0.29, 0.717) is 23.0 Å². The summed E-state index contributed by atoms with van der Waals surface area (Å²) in [7, 11) is 3.27. The Morgan fingerprint density at radius 1 is 0.900 bits per heavy atom. The maximum Gasteiger partial charge on any atom is 0.330 e. The molecule has 2 amide bonds. The van der Waals surface area contributed by atoms with Crippen LogP contribution in [0.4, 0.5) is 27.8 Å². The number of hydrogen-bond donors (Lipinski definition) is 2. The Kier molecular flexibility index (Phi) is 3.69. The molecule has 0 radical (unpaired) electrons. The molecule has 0 saturated heterocycles. The Morgan fingerprint density at radius 2 is 1.30 bits per heavy atom. The van der Waals surface area contributed by atoms with Crippen molar-refractivity contribution in [2.75, 3.05) is 35.4 Å². The summed E-state index contributed by atoms with van der Waals surface area (Å²) in [5.41, 5.74) is 12.2. The van der Waals surface area contributed by atoms with Crippen LogP contribution in [0, 0.1) is 0 Å². The van der Waals surface area contributed by atoms with Gasteiger partial charge in [0.1, 0.15) is 11.6 Å². The van der Waals surface area contributed by atoms with E-state index in [0.717, 1.165) is 0 Å². The fourth-order valence-corrected chi connectivity index (χ4v) is 1.61. The number of carbonyl (C=O) groups excluding carboxylic acids is 1. The van der Waals surface area contributed by atoms with Crippen molar-refractivity contribution in [1.29, 1.82) is 0 Å². The first-order valence-electron chi connectivity index (χ1n) is 5.93. The second-order valence-electron chi connectivity index (χ2n) is 4.30. The molecule has 7 nitrogen and oxygen atoms in total. The first kappa shape index (κ1) is 13.6. The van der Waals surface area contributed by atoms with E-state index in [1.165, 1.54) is 22.2 Å². The molecule has 0 fully saturated rings. The number of urea groups is 1. The van der Waals surface area contributed by atoms with Crippen LogP contribution in [-0.2, 0) is 0 Å². The Balaban J connectivity index is 2.17. The smallest absolute Gasteiger partial charge is 0.330 e. The molecule has 0 aliphatic heterocycles. The topological polar surface area (TPSA) is 101 Å². The van der Waals surface area contributed by atoms with E-state index in [1.807, 2.05) is 0 Å². The van der Waals surface area contributed by atoms with Crippen molar-refractivity contribution in [2.45, 2.75) is 0 Å². The minimum Gasteiger partial charge on any atom is -0.397 e. The highest BCUT2D eigenvalue weighted by atomic mass is 16.2. The lowest BCUT2D eigenvalue weighted by Crippen LogP contribution is -2.39. The fraction of sp³-hybridized carbons (Fsp3) is 0.154. The van der Waals surface area contributed by atoms with Crippen LogP contribution < -0.4 is 21.3 Å². The number of nitrogen functional groups attached to an aromatic ring is 2. The summed E-state index contributed by atoms with van der Waals surface area (Å²) in [6, 6.07) is 6.47. The summed E-state index contributed by atoms with van der Waals surface area (Å²) in [4.78, 5) is 23.4. The summed E-state index contributed by atoms with van der Waals surface area (Å²) in [6.07, 6.45) is 3.00. The van der Waals surface area contributed by atoms with Crippen LogP contribution in [0.3, 0.4) is 0 Å². The predicted octanol–water partition coefficient (Wildman–Crippen LogP) is 1.33. The third-order valence-corrected chi connectivity index (χ3v) is 2.80. The Hall–Kier alpha value is -2.83. The SMILES string of the molecule is CN(C(=O)N(C)c1ccc(N)cn1)c1ccc(N)cn1. The monoisotopic (exact) mass is 272 g/mol. The number of anilines is 4. The Labute approximate surface area is 116 Å². The van der Waals surface area contributed by atoms with Gasteiger partial charge in [-0.1, -0.05) is 0 Å². The van der Waals surface area contributed by atoms with Gasteiger partial charge < -0.3 is 11.5 Å². The normalized spacial score (nSPS) is 10.1. The predicted molar refractivity (Wildman–Crippen MR) is 79.5 cm³/mol. The van der Waals surface area contributed by atoms with E-state index in [9.17, 15) is 4.79 Å². The van der Waals surface area contributed by atoms with Gasteiger partial charge in [-0.25, -0.2) is 14.8 Å². The summed E-state index contributed by atoms with van der Waals surface area (Å²) in [5, 5.41) is 0. The molecule has 0 saturated carbocycles. The van der Waals surface area contributed by atoms with Crippen LogP contribution in [0.15, 0.2) is 36.7 Å². The number of carbonyl (C=O) groups is 1. The van der Waals surface area contributed by atoms with Crippen molar-refractivity contribution >= 4 is 29.0 Å². The molecule has 0 unspecified atom stereocenters. The number of nitrogens with two attached hydrogens (primary N) is 2. The lowest BCUT2D eigenvalue weighted by molar-refractivity contribution is 0.253. The van der Waals surface area contributed by atoms with Crippen LogP contribution in [0.2, 0.25) is 0 Å². The summed E-state index contributed by atoms with van der Waals surface area (Å²) < 4.78 is 0. The second kappa shape index (κ2) is 5.43. The van der Waals surface area contributed by atoms with Crippen molar-refractivity contribution in [1.82, 2.24) is 9.97 Å². The molecular weight excluding hydrogens is 256 g/mol. The van der Waals surface area contributed by atoms with Gasteiger partial charge in [-0.15, -0.1) is 0 Å². The molecule has 104 valence electrons. The van der Waals surface area contributed by atoms with E-state index in [2.05, 4.69) is 9.97 Å². The van der Waals surface area contributed by atoms with E-state index in [1.54, 1.807) is 38.4 Å². The zero-order valence-electron chi connectivity index (χ0n) is 11.3. The highest BCUT2D eigenvalue weighted by Crippen LogP contribution is 2.16. The summed E-state index contributed by atoms with van der Waals surface area (Å²) >= 11 is 0. The quantitative estimate of drug-likeness (QED) is 0.858. The average molecular weight is 272 g/mol. The molecular formula is C13H16N6O. The number of hydrogen-bond acceptors (Lipinski definition) is 5. The van der Waals surface area contributed by atoms with Gasteiger partial charge in [0.05, 0.1) is 23.8 Å². The molecule has 2 rings (SSSR count). The largest absolute Gasteiger partial charge is 0.397 e. The van der Waals surface area contributed by atoms with Gasteiger partial charge in [0.15, 0.2) is 0 Å². The van der Waals surface area contributed by atoms with Gasteiger partial charge in [-0.05, 0) is 24.3 Å². The van der Waals surface area contributed by atoms with Crippen molar-refractivity contribution in [3.63, 3.8) is 0 Å². The Bertz CT molecular complexity index is 542. The molecule has 2 aromatic rings. The number of nitrogens with zero attached hydrogens (tertiary/aromatic N) is 4. The van der Waals surface area contributed by atoms with Crippen molar-refractivity contribution < 1.29 is 4.79 Å². The molecule has 0 spiro atoms. The minimum absolute atomic E-state index is 0.264. The Morgan fingerprint density at radius 3 is 1.60 bits per heavy atom. The van der Waals surface area contributed by atoms with E-state index in [-0.39, 0.29) is 6.03 Å². The first-order valence-corrected chi connectivity index (χ1v) is 5.93. The van der Waals surface area contributed by atoms with Crippen molar-refractivity contribution in [3.8, 4) is 0 Å².